The number of rotatable bonds is 4. The lowest BCUT2D eigenvalue weighted by molar-refractivity contribution is -0.138. The Morgan fingerprint density at radius 2 is 2.12 bits per heavy atom. The summed E-state index contributed by atoms with van der Waals surface area (Å²) in [4.78, 5) is 22.1. The first-order valence-electron chi connectivity index (χ1n) is 4.83. The Kier molecular flexibility index (Phi) is 4.03. The number of hydrogen-bond donors (Lipinski definition) is 2. The summed E-state index contributed by atoms with van der Waals surface area (Å²) in [6.45, 7) is 1.29. The third-order valence-corrected chi connectivity index (χ3v) is 2.15. The lowest BCUT2D eigenvalue weighted by Crippen LogP contribution is -2.38. The Morgan fingerprint density at radius 3 is 2.65 bits per heavy atom. The van der Waals surface area contributed by atoms with Crippen LogP contribution >= 0.6 is 0 Å². The number of ether oxygens (including phenoxy) is 1. The number of halogens is 1. The third-order valence-electron chi connectivity index (χ3n) is 2.15. The monoisotopic (exact) mass is 241 g/mol. The van der Waals surface area contributed by atoms with Crippen LogP contribution in [0.1, 0.15) is 17.3 Å². The van der Waals surface area contributed by atoms with Crippen LogP contribution in [0, 0.1) is 5.82 Å². The summed E-state index contributed by atoms with van der Waals surface area (Å²) >= 11 is 0. The van der Waals surface area contributed by atoms with E-state index in [4.69, 9.17) is 9.84 Å². The molecule has 6 heteroatoms. The fourth-order valence-electron chi connectivity index (χ4n) is 1.18. The number of nitrogens with one attached hydrogen (secondary N) is 1. The largest absolute Gasteiger partial charge is 0.494 e. The molecule has 0 aliphatic carbocycles. The van der Waals surface area contributed by atoms with E-state index in [1.165, 1.54) is 32.2 Å². The summed E-state index contributed by atoms with van der Waals surface area (Å²) in [7, 11) is 1.28. The normalized spacial score (nSPS) is 11.7. The van der Waals surface area contributed by atoms with Crippen molar-refractivity contribution >= 4 is 11.9 Å². The number of methoxy groups -OCH3 is 1. The predicted molar refractivity (Wildman–Crippen MR) is 57.5 cm³/mol. The lowest BCUT2D eigenvalue weighted by Gasteiger charge is -2.11. The number of carboxylic acids is 1. The molecule has 0 unspecified atom stereocenters. The summed E-state index contributed by atoms with van der Waals surface area (Å²) in [6, 6.07) is 2.98. The minimum atomic E-state index is -1.19. The molecule has 0 bridgehead atoms. The van der Waals surface area contributed by atoms with Gasteiger partial charge in [-0.1, -0.05) is 6.07 Å². The van der Waals surface area contributed by atoms with E-state index in [-0.39, 0.29) is 11.3 Å². The van der Waals surface area contributed by atoms with Crippen LogP contribution in [-0.4, -0.2) is 30.1 Å². The van der Waals surface area contributed by atoms with E-state index in [2.05, 4.69) is 5.32 Å². The van der Waals surface area contributed by atoms with E-state index in [1.807, 2.05) is 0 Å². The van der Waals surface area contributed by atoms with Gasteiger partial charge < -0.3 is 15.2 Å². The Bertz CT molecular complexity index is 447. The van der Waals surface area contributed by atoms with Gasteiger partial charge in [0, 0.05) is 0 Å². The van der Waals surface area contributed by atoms with Crippen LogP contribution < -0.4 is 10.1 Å². The van der Waals surface area contributed by atoms with E-state index in [0.717, 1.165) is 0 Å². The number of carboxylic acid groups (broad SMARTS) is 1. The van der Waals surface area contributed by atoms with Gasteiger partial charge in [0.25, 0.3) is 5.91 Å². The maximum atomic E-state index is 13.6. The molecule has 92 valence electrons. The highest BCUT2D eigenvalue weighted by atomic mass is 19.1. The third kappa shape index (κ3) is 2.93. The first-order chi connectivity index (χ1) is 7.97. The van der Waals surface area contributed by atoms with Gasteiger partial charge in [0.1, 0.15) is 6.04 Å². The first kappa shape index (κ1) is 13.0. The molecular weight excluding hydrogens is 229 g/mol. The summed E-state index contributed by atoms with van der Waals surface area (Å²) in [5.74, 6) is -2.87. The fourth-order valence-corrected chi connectivity index (χ4v) is 1.18. The van der Waals surface area contributed by atoms with Crippen molar-refractivity contribution in [2.75, 3.05) is 7.11 Å². The van der Waals surface area contributed by atoms with Crippen molar-refractivity contribution in [3.8, 4) is 5.75 Å². The SMILES string of the molecule is COc1cccc(C(=O)N[C@@H](C)C(=O)O)c1F. The zero-order valence-electron chi connectivity index (χ0n) is 9.36. The molecule has 17 heavy (non-hydrogen) atoms. The summed E-state index contributed by atoms with van der Waals surface area (Å²) in [5, 5.41) is 10.8. The van der Waals surface area contributed by atoms with E-state index in [1.54, 1.807) is 0 Å². The van der Waals surface area contributed by atoms with Crippen molar-refractivity contribution in [3.63, 3.8) is 0 Å². The number of hydrogen-bond acceptors (Lipinski definition) is 3. The van der Waals surface area contributed by atoms with Crippen molar-refractivity contribution < 1.29 is 23.8 Å². The van der Waals surface area contributed by atoms with Gasteiger partial charge in [0.05, 0.1) is 12.7 Å². The van der Waals surface area contributed by atoms with Crippen LogP contribution in [0.15, 0.2) is 18.2 Å². The second-order valence-corrected chi connectivity index (χ2v) is 3.36. The van der Waals surface area contributed by atoms with Crippen molar-refractivity contribution in [2.45, 2.75) is 13.0 Å². The topological polar surface area (TPSA) is 75.6 Å². The minimum absolute atomic E-state index is 0.0689. The van der Waals surface area contributed by atoms with Gasteiger partial charge in [-0.3, -0.25) is 9.59 Å². The van der Waals surface area contributed by atoms with Crippen molar-refractivity contribution in [3.05, 3.63) is 29.6 Å². The molecule has 2 N–H and O–H groups in total. The molecular formula is C11H12FNO4. The highest BCUT2D eigenvalue weighted by Gasteiger charge is 2.19. The summed E-state index contributed by atoms with van der Waals surface area (Å²) < 4.78 is 18.4. The van der Waals surface area contributed by atoms with Gasteiger partial charge in [-0.05, 0) is 19.1 Å². The molecule has 5 nitrogen and oxygen atoms in total. The first-order valence-corrected chi connectivity index (χ1v) is 4.83. The molecule has 0 aromatic heterocycles. The fraction of sp³-hybridized carbons (Fsp3) is 0.273. The van der Waals surface area contributed by atoms with E-state index in [9.17, 15) is 14.0 Å². The molecule has 1 amide bonds. The second kappa shape index (κ2) is 5.29. The molecule has 0 radical (unpaired) electrons. The van der Waals surface area contributed by atoms with Crippen molar-refractivity contribution in [1.29, 1.82) is 0 Å². The maximum Gasteiger partial charge on any atom is 0.325 e. The average molecular weight is 241 g/mol. The lowest BCUT2D eigenvalue weighted by atomic mass is 10.1. The second-order valence-electron chi connectivity index (χ2n) is 3.36. The molecule has 1 aromatic carbocycles. The standard InChI is InChI=1S/C11H12FNO4/c1-6(11(15)16)13-10(14)7-4-3-5-8(17-2)9(7)12/h3-6H,1-2H3,(H,13,14)(H,15,16)/t6-/m0/s1. The molecule has 0 saturated heterocycles. The van der Waals surface area contributed by atoms with Crippen LogP contribution in [0.5, 0.6) is 5.75 Å². The van der Waals surface area contributed by atoms with Crippen molar-refractivity contribution in [2.24, 2.45) is 0 Å². The summed E-state index contributed by atoms with van der Waals surface area (Å²) in [6.07, 6.45) is 0. The van der Waals surface area contributed by atoms with Crippen LogP contribution in [0.2, 0.25) is 0 Å². The van der Waals surface area contributed by atoms with Crippen LogP contribution in [0.25, 0.3) is 0 Å². The number of carbonyl (C=O) groups is 2. The number of benzene rings is 1. The Hall–Kier alpha value is -2.11. The molecule has 0 aliphatic rings. The van der Waals surface area contributed by atoms with E-state index in [0.29, 0.717) is 0 Å². The highest BCUT2D eigenvalue weighted by molar-refractivity contribution is 5.97. The molecule has 1 atom stereocenters. The highest BCUT2D eigenvalue weighted by Crippen LogP contribution is 2.19. The molecule has 0 aliphatic heterocycles. The number of amides is 1. The molecule has 0 heterocycles. The van der Waals surface area contributed by atoms with Gasteiger partial charge in [0.15, 0.2) is 11.6 Å². The molecule has 1 aromatic rings. The molecule has 1 rings (SSSR count). The maximum absolute atomic E-state index is 13.6. The van der Waals surface area contributed by atoms with Gasteiger partial charge in [0.2, 0.25) is 0 Å². The van der Waals surface area contributed by atoms with E-state index < -0.39 is 23.7 Å². The van der Waals surface area contributed by atoms with Gasteiger partial charge in [-0.2, -0.15) is 0 Å². The van der Waals surface area contributed by atoms with Crippen LogP contribution in [-0.2, 0) is 4.79 Å². The average Bonchev–Trinajstić information content (AvgIpc) is 2.28. The Labute approximate surface area is 97.2 Å². The van der Waals surface area contributed by atoms with Gasteiger partial charge >= 0.3 is 5.97 Å². The number of aliphatic carboxylic acids is 1. The zero-order valence-corrected chi connectivity index (χ0v) is 9.36. The number of carbonyl (C=O) groups excluding carboxylic acids is 1. The summed E-state index contributed by atoms with van der Waals surface area (Å²) in [5.41, 5.74) is -0.252. The Balaban J connectivity index is 2.93. The molecule has 0 fully saturated rings. The quantitative estimate of drug-likeness (QED) is 0.825. The minimum Gasteiger partial charge on any atom is -0.494 e. The van der Waals surface area contributed by atoms with E-state index >= 15 is 0 Å². The van der Waals surface area contributed by atoms with Crippen LogP contribution in [0.3, 0.4) is 0 Å². The van der Waals surface area contributed by atoms with Gasteiger partial charge in [-0.15, -0.1) is 0 Å². The predicted octanol–water partition coefficient (Wildman–Crippen LogP) is 1.04. The smallest absolute Gasteiger partial charge is 0.325 e. The zero-order chi connectivity index (χ0) is 13.0. The Morgan fingerprint density at radius 1 is 1.47 bits per heavy atom. The van der Waals surface area contributed by atoms with Crippen LogP contribution in [0.4, 0.5) is 4.39 Å². The van der Waals surface area contributed by atoms with Crippen molar-refractivity contribution in [1.82, 2.24) is 5.32 Å². The van der Waals surface area contributed by atoms with Gasteiger partial charge in [-0.25, -0.2) is 4.39 Å². The molecule has 0 saturated carbocycles. The molecule has 0 spiro atoms.